The first-order valence-electron chi connectivity index (χ1n) is 11.4. The summed E-state index contributed by atoms with van der Waals surface area (Å²) in [6.45, 7) is 3.08. The molecule has 2 N–H and O–H groups in total. The van der Waals surface area contributed by atoms with Gasteiger partial charge in [0.2, 0.25) is 0 Å². The first-order valence-corrected chi connectivity index (χ1v) is 13.1. The molecular weight excluding hydrogens is 410 g/mol. The molecule has 2 atom stereocenters. The number of nitrogens with zero attached hydrogens (tertiary/aromatic N) is 3. The van der Waals surface area contributed by atoms with Gasteiger partial charge in [0.1, 0.15) is 0 Å². The fraction of sp³-hybridized carbons (Fsp3) is 0.652. The van der Waals surface area contributed by atoms with Crippen LogP contribution in [0.25, 0.3) is 0 Å². The van der Waals surface area contributed by atoms with Gasteiger partial charge in [0.15, 0.2) is 5.96 Å². The number of hydrogen-bond acceptors (Lipinski definition) is 5. The molecule has 1 aliphatic carbocycles. The Morgan fingerprint density at radius 2 is 2.17 bits per heavy atom. The number of aliphatic imine (C=N–C) groups is 1. The van der Waals surface area contributed by atoms with Crippen molar-refractivity contribution in [3.8, 4) is 0 Å². The van der Waals surface area contributed by atoms with Gasteiger partial charge in [-0.3, -0.25) is 9.89 Å². The lowest BCUT2D eigenvalue weighted by Crippen LogP contribution is -2.45. The summed E-state index contributed by atoms with van der Waals surface area (Å²) in [5.41, 5.74) is 1.38. The summed E-state index contributed by atoms with van der Waals surface area (Å²) in [6, 6.07) is 4.97. The second-order valence-corrected chi connectivity index (χ2v) is 10.7. The molecule has 2 aromatic rings. The Bertz CT molecular complexity index is 790. The van der Waals surface area contributed by atoms with Gasteiger partial charge in [-0.05, 0) is 75.9 Å². The van der Waals surface area contributed by atoms with Crippen LogP contribution in [0.15, 0.2) is 22.5 Å². The molecule has 0 aromatic carbocycles. The van der Waals surface area contributed by atoms with Crippen LogP contribution in [0.1, 0.15) is 58.6 Å². The van der Waals surface area contributed by atoms with Crippen LogP contribution < -0.4 is 10.6 Å². The molecule has 1 saturated heterocycles. The summed E-state index contributed by atoms with van der Waals surface area (Å²) in [6.07, 6.45) is 9.77. The van der Waals surface area contributed by atoms with Crippen LogP contribution >= 0.6 is 22.7 Å². The van der Waals surface area contributed by atoms with Gasteiger partial charge in [-0.2, -0.15) is 0 Å². The van der Waals surface area contributed by atoms with E-state index < -0.39 is 0 Å². The van der Waals surface area contributed by atoms with E-state index in [1.807, 2.05) is 29.7 Å². The van der Waals surface area contributed by atoms with E-state index in [9.17, 15) is 0 Å². The Hall–Kier alpha value is -1.44. The Morgan fingerprint density at radius 3 is 2.97 bits per heavy atom. The Labute approximate surface area is 189 Å². The summed E-state index contributed by atoms with van der Waals surface area (Å²) < 4.78 is 0. The first-order chi connectivity index (χ1) is 14.7. The van der Waals surface area contributed by atoms with E-state index in [2.05, 4.69) is 45.1 Å². The zero-order valence-corrected chi connectivity index (χ0v) is 20.0. The average molecular weight is 446 g/mol. The minimum atomic E-state index is 0.514. The van der Waals surface area contributed by atoms with Crippen molar-refractivity contribution in [3.05, 3.63) is 38.0 Å². The third-order valence-corrected chi connectivity index (χ3v) is 8.51. The molecule has 2 aliphatic rings. The third-order valence-electron chi connectivity index (χ3n) is 6.35. The molecule has 3 heterocycles. The van der Waals surface area contributed by atoms with Gasteiger partial charge in [0.05, 0.1) is 10.7 Å². The Kier molecular flexibility index (Phi) is 7.79. The molecule has 2 aromatic heterocycles. The van der Waals surface area contributed by atoms with Crippen molar-refractivity contribution in [2.24, 2.45) is 10.9 Å². The maximum atomic E-state index is 4.87. The molecule has 5 nitrogen and oxygen atoms in total. The zero-order chi connectivity index (χ0) is 20.8. The van der Waals surface area contributed by atoms with Crippen LogP contribution in [0.3, 0.4) is 0 Å². The van der Waals surface area contributed by atoms with Gasteiger partial charge in [-0.15, -0.1) is 22.7 Å². The topological polar surface area (TPSA) is 52.6 Å². The fourth-order valence-electron chi connectivity index (χ4n) is 4.79. The standard InChI is InChI=1S/C23H35N5S2/c1-24-23(25-13-5-12-21-27-18-9-3-4-10-19(18)30-21)26-16-17-8-6-14-28(2)22(17)20-11-7-15-29-20/h7,11,15,17,22H,3-6,8-10,12-14,16H2,1-2H3,(H2,24,25,26). The Balaban J connectivity index is 1.22. The van der Waals surface area contributed by atoms with Gasteiger partial charge in [-0.25, -0.2) is 4.98 Å². The van der Waals surface area contributed by atoms with E-state index in [0.717, 1.165) is 31.9 Å². The molecule has 1 aliphatic heterocycles. The molecule has 30 heavy (non-hydrogen) atoms. The number of rotatable bonds is 7. The maximum Gasteiger partial charge on any atom is 0.190 e. The molecule has 0 saturated carbocycles. The van der Waals surface area contributed by atoms with Crippen LogP contribution in [-0.2, 0) is 19.3 Å². The molecule has 4 rings (SSSR count). The second-order valence-electron chi connectivity index (χ2n) is 8.51. The van der Waals surface area contributed by atoms with Crippen LogP contribution in [0, 0.1) is 5.92 Å². The van der Waals surface area contributed by atoms with Gasteiger partial charge in [0, 0.05) is 42.4 Å². The van der Waals surface area contributed by atoms with Crippen LogP contribution in [0.2, 0.25) is 0 Å². The van der Waals surface area contributed by atoms with Gasteiger partial charge in [-0.1, -0.05) is 6.07 Å². The second kappa shape index (κ2) is 10.7. The third kappa shape index (κ3) is 5.42. The van der Waals surface area contributed by atoms with Gasteiger partial charge >= 0.3 is 0 Å². The van der Waals surface area contributed by atoms with E-state index in [1.165, 1.54) is 60.6 Å². The summed E-state index contributed by atoms with van der Waals surface area (Å²) in [4.78, 5) is 14.9. The highest BCUT2D eigenvalue weighted by Gasteiger charge is 2.31. The molecule has 0 spiro atoms. The molecule has 164 valence electrons. The van der Waals surface area contributed by atoms with Gasteiger partial charge < -0.3 is 10.6 Å². The number of piperidine rings is 1. The number of hydrogen-bond donors (Lipinski definition) is 2. The highest BCUT2D eigenvalue weighted by atomic mass is 32.1. The van der Waals surface area contributed by atoms with Crippen molar-refractivity contribution >= 4 is 28.6 Å². The number of aromatic nitrogens is 1. The van der Waals surface area contributed by atoms with Crippen molar-refractivity contribution in [1.29, 1.82) is 0 Å². The van der Waals surface area contributed by atoms with E-state index >= 15 is 0 Å². The normalized spacial score (nSPS) is 22.7. The maximum absolute atomic E-state index is 4.87. The predicted molar refractivity (Wildman–Crippen MR) is 129 cm³/mol. The summed E-state index contributed by atoms with van der Waals surface area (Å²) >= 11 is 3.82. The number of nitrogens with one attached hydrogen (secondary N) is 2. The smallest absolute Gasteiger partial charge is 0.190 e. The minimum absolute atomic E-state index is 0.514. The van der Waals surface area contributed by atoms with E-state index in [4.69, 9.17) is 4.98 Å². The van der Waals surface area contributed by atoms with Crippen LogP contribution in [0.5, 0.6) is 0 Å². The molecule has 2 unspecified atom stereocenters. The van der Waals surface area contributed by atoms with E-state index in [1.54, 1.807) is 4.88 Å². The van der Waals surface area contributed by atoms with E-state index in [0.29, 0.717) is 12.0 Å². The Morgan fingerprint density at radius 1 is 1.27 bits per heavy atom. The van der Waals surface area contributed by atoms with Crippen LogP contribution in [0.4, 0.5) is 0 Å². The lowest BCUT2D eigenvalue weighted by molar-refractivity contribution is 0.125. The van der Waals surface area contributed by atoms with Crippen molar-refractivity contribution in [3.63, 3.8) is 0 Å². The monoisotopic (exact) mass is 445 g/mol. The van der Waals surface area contributed by atoms with Crippen molar-refractivity contribution in [2.45, 2.75) is 57.4 Å². The summed E-state index contributed by atoms with van der Waals surface area (Å²) in [5.74, 6) is 1.54. The highest BCUT2D eigenvalue weighted by molar-refractivity contribution is 7.11. The van der Waals surface area contributed by atoms with Crippen molar-refractivity contribution in [2.75, 3.05) is 33.7 Å². The number of fused-ring (bicyclic) bond motifs is 1. The van der Waals surface area contributed by atoms with E-state index in [-0.39, 0.29) is 0 Å². The van der Waals surface area contributed by atoms with Gasteiger partial charge in [0.25, 0.3) is 0 Å². The molecule has 0 radical (unpaired) electrons. The first kappa shape index (κ1) is 21.8. The number of thiazole rings is 1. The SMILES string of the molecule is CN=C(NCCCc1nc2c(s1)CCCC2)NCC1CCCN(C)C1c1cccs1. The zero-order valence-electron chi connectivity index (χ0n) is 18.3. The molecule has 7 heteroatoms. The minimum Gasteiger partial charge on any atom is -0.356 e. The lowest BCUT2D eigenvalue weighted by Gasteiger charge is -2.39. The number of aryl methyl sites for hydroxylation is 3. The number of thiophene rings is 1. The largest absolute Gasteiger partial charge is 0.356 e. The predicted octanol–water partition coefficient (Wildman–Crippen LogP) is 4.26. The quantitative estimate of drug-likeness (QED) is 0.380. The number of likely N-dealkylation sites (tertiary alicyclic amines) is 1. The highest BCUT2D eigenvalue weighted by Crippen LogP contribution is 2.36. The molecule has 1 fully saturated rings. The molecule has 0 amide bonds. The molecular formula is C23H35N5S2. The van der Waals surface area contributed by atoms with Crippen molar-refractivity contribution < 1.29 is 0 Å². The van der Waals surface area contributed by atoms with Crippen molar-refractivity contribution in [1.82, 2.24) is 20.5 Å². The molecule has 0 bridgehead atoms. The summed E-state index contributed by atoms with van der Waals surface area (Å²) in [5, 5.41) is 10.6. The average Bonchev–Trinajstić information content (AvgIpc) is 3.43. The lowest BCUT2D eigenvalue weighted by atomic mass is 9.88. The fourth-order valence-corrected chi connectivity index (χ4v) is 6.97. The van der Waals surface area contributed by atoms with Crippen LogP contribution in [-0.4, -0.2) is 49.6 Å². The number of guanidine groups is 1. The summed E-state index contributed by atoms with van der Waals surface area (Å²) in [7, 11) is 4.13.